The zero-order valence-corrected chi connectivity index (χ0v) is 13.7. The Morgan fingerprint density at radius 2 is 1.88 bits per heavy atom. The van der Waals surface area contributed by atoms with Crippen LogP contribution in [0.25, 0.3) is 33.8 Å². The van der Waals surface area contributed by atoms with Crippen LogP contribution in [-0.4, -0.2) is 30.3 Å². The van der Waals surface area contributed by atoms with Crippen molar-refractivity contribution in [1.29, 1.82) is 0 Å². The predicted molar refractivity (Wildman–Crippen MR) is 94.3 cm³/mol. The molecule has 3 N–H and O–H groups in total. The van der Waals surface area contributed by atoms with Crippen molar-refractivity contribution in [1.82, 2.24) is 25.1 Å². The summed E-state index contributed by atoms with van der Waals surface area (Å²) < 4.78 is 0. The molecule has 0 aliphatic heterocycles. The molecule has 0 atom stereocenters. The monoisotopic (exact) mass is 333 g/mol. The lowest BCUT2D eigenvalue weighted by Crippen LogP contribution is -2.12. The van der Waals surface area contributed by atoms with E-state index in [4.69, 9.17) is 0 Å². The molecule has 4 aromatic rings. The third kappa shape index (κ3) is 2.55. The van der Waals surface area contributed by atoms with E-state index in [1.165, 1.54) is 0 Å². The minimum atomic E-state index is -0.338. The number of hydrogen-bond donors (Lipinski definition) is 3. The summed E-state index contributed by atoms with van der Waals surface area (Å²) in [5, 5.41) is 16.6. The number of imidazole rings is 1. The van der Waals surface area contributed by atoms with Gasteiger partial charge < -0.3 is 10.1 Å². The number of aromatic amines is 2. The van der Waals surface area contributed by atoms with Crippen molar-refractivity contribution in [3.63, 3.8) is 0 Å². The Bertz CT molecular complexity index is 1100. The van der Waals surface area contributed by atoms with Crippen LogP contribution in [0.4, 0.5) is 0 Å². The van der Waals surface area contributed by atoms with E-state index in [-0.39, 0.29) is 11.3 Å². The van der Waals surface area contributed by atoms with Crippen LogP contribution in [0.2, 0.25) is 0 Å². The summed E-state index contributed by atoms with van der Waals surface area (Å²) in [6, 6.07) is 8.98. The van der Waals surface area contributed by atoms with Crippen molar-refractivity contribution in [3.05, 3.63) is 58.0 Å². The molecule has 3 aromatic heterocycles. The van der Waals surface area contributed by atoms with Gasteiger partial charge in [-0.05, 0) is 55.3 Å². The number of H-pyrrole nitrogens is 2. The van der Waals surface area contributed by atoms with Crippen LogP contribution in [0.1, 0.15) is 11.1 Å². The average molecular weight is 333 g/mol. The lowest BCUT2D eigenvalue weighted by molar-refractivity contribution is 0.467. The van der Waals surface area contributed by atoms with E-state index >= 15 is 0 Å². The minimum Gasteiger partial charge on any atom is -0.507 e. The van der Waals surface area contributed by atoms with Crippen molar-refractivity contribution in [2.45, 2.75) is 13.8 Å². The van der Waals surface area contributed by atoms with Crippen LogP contribution in [-0.2, 0) is 0 Å². The summed E-state index contributed by atoms with van der Waals surface area (Å²) in [7, 11) is 0. The largest absolute Gasteiger partial charge is 0.507 e. The van der Waals surface area contributed by atoms with Gasteiger partial charge in [-0.1, -0.05) is 0 Å². The first kappa shape index (κ1) is 15.1. The van der Waals surface area contributed by atoms with E-state index < -0.39 is 0 Å². The molecule has 124 valence electrons. The zero-order chi connectivity index (χ0) is 17.6. The molecule has 0 bridgehead atoms. The van der Waals surface area contributed by atoms with E-state index in [1.807, 2.05) is 32.0 Å². The van der Waals surface area contributed by atoms with Gasteiger partial charge in [0, 0.05) is 11.8 Å². The third-order valence-electron chi connectivity index (χ3n) is 4.10. The highest BCUT2D eigenvalue weighted by molar-refractivity contribution is 5.76. The smallest absolute Gasteiger partial charge is 0.275 e. The number of phenols is 1. The number of hydrogen-bond acceptors (Lipinski definition) is 5. The van der Waals surface area contributed by atoms with Gasteiger partial charge in [0.2, 0.25) is 0 Å². The first-order valence-electron chi connectivity index (χ1n) is 7.74. The quantitative estimate of drug-likeness (QED) is 0.523. The number of nitrogens with zero attached hydrogens (tertiary/aromatic N) is 3. The first-order chi connectivity index (χ1) is 12.0. The van der Waals surface area contributed by atoms with Crippen LogP contribution in [0.3, 0.4) is 0 Å². The molecule has 0 radical (unpaired) electrons. The second-order valence-corrected chi connectivity index (χ2v) is 5.91. The van der Waals surface area contributed by atoms with Crippen molar-refractivity contribution in [2.75, 3.05) is 0 Å². The van der Waals surface area contributed by atoms with Crippen molar-refractivity contribution >= 4 is 11.2 Å². The molecular weight excluding hydrogens is 318 g/mol. The van der Waals surface area contributed by atoms with Gasteiger partial charge in [-0.3, -0.25) is 4.79 Å². The molecule has 0 saturated carbocycles. The van der Waals surface area contributed by atoms with E-state index in [2.05, 4.69) is 25.1 Å². The number of phenolic OH excluding ortho intramolecular Hbond substituents is 1. The van der Waals surface area contributed by atoms with Crippen molar-refractivity contribution in [2.24, 2.45) is 0 Å². The highest BCUT2D eigenvalue weighted by Crippen LogP contribution is 2.29. The molecule has 0 aliphatic rings. The van der Waals surface area contributed by atoms with Crippen LogP contribution >= 0.6 is 0 Å². The van der Waals surface area contributed by atoms with Gasteiger partial charge in [-0.25, -0.2) is 15.1 Å². The molecule has 4 rings (SSSR count). The molecule has 25 heavy (non-hydrogen) atoms. The van der Waals surface area contributed by atoms with Gasteiger partial charge in [-0.2, -0.15) is 5.10 Å². The molecule has 1 aromatic carbocycles. The number of benzene rings is 1. The third-order valence-corrected chi connectivity index (χ3v) is 4.10. The molecule has 0 saturated heterocycles. The number of fused-ring (bicyclic) bond motifs is 1. The summed E-state index contributed by atoms with van der Waals surface area (Å²) in [5.74, 6) is 0.697. The molecule has 3 heterocycles. The Morgan fingerprint density at radius 3 is 2.60 bits per heavy atom. The van der Waals surface area contributed by atoms with Gasteiger partial charge >= 0.3 is 0 Å². The van der Waals surface area contributed by atoms with Crippen molar-refractivity contribution < 1.29 is 5.11 Å². The fraction of sp³-hybridized carbons (Fsp3) is 0.111. The number of nitrogens with one attached hydrogen (secondary N) is 2. The molecule has 0 aliphatic carbocycles. The Hall–Kier alpha value is -3.48. The first-order valence-corrected chi connectivity index (χ1v) is 7.74. The standard InChI is InChI=1S/C18H15N5O2/c1-9-6-11(7-10(2)15(9)24)14-8-12(18(25)23-22-14)16-20-13-4-3-5-19-17(13)21-16/h3-8,24H,1-2H3,(H,23,25)(H,19,20,21). The normalized spacial score (nSPS) is 11.1. The van der Waals surface area contributed by atoms with E-state index in [0.717, 1.165) is 22.2 Å². The molecule has 0 spiro atoms. The van der Waals surface area contributed by atoms with Gasteiger partial charge in [0.25, 0.3) is 5.56 Å². The average Bonchev–Trinajstić information content (AvgIpc) is 3.03. The van der Waals surface area contributed by atoms with Crippen molar-refractivity contribution in [3.8, 4) is 28.4 Å². The van der Waals surface area contributed by atoms with E-state index in [9.17, 15) is 9.90 Å². The summed E-state index contributed by atoms with van der Waals surface area (Å²) in [6.07, 6.45) is 1.65. The predicted octanol–water partition coefficient (Wildman–Crippen LogP) is 2.70. The van der Waals surface area contributed by atoms with Gasteiger partial charge in [0.05, 0.1) is 16.8 Å². The Morgan fingerprint density at radius 1 is 1.12 bits per heavy atom. The Labute approximate surface area is 142 Å². The highest BCUT2D eigenvalue weighted by atomic mass is 16.3. The lowest BCUT2D eigenvalue weighted by Gasteiger charge is -2.08. The van der Waals surface area contributed by atoms with Gasteiger partial charge in [0.1, 0.15) is 11.6 Å². The topological polar surface area (TPSA) is 108 Å². The zero-order valence-electron chi connectivity index (χ0n) is 13.7. The molecule has 0 fully saturated rings. The SMILES string of the molecule is Cc1cc(-c2cc(-c3nc4ncccc4[nH]3)c(=O)[nH]n2)cc(C)c1O. The summed E-state index contributed by atoms with van der Waals surface area (Å²) in [4.78, 5) is 23.9. The minimum absolute atomic E-state index is 0.261. The number of pyridine rings is 1. The highest BCUT2D eigenvalue weighted by Gasteiger charge is 2.13. The number of aryl methyl sites for hydroxylation is 2. The lowest BCUT2D eigenvalue weighted by atomic mass is 10.0. The second-order valence-electron chi connectivity index (χ2n) is 5.91. The van der Waals surface area contributed by atoms with Crippen LogP contribution in [0, 0.1) is 13.8 Å². The van der Waals surface area contributed by atoms with Crippen LogP contribution in [0.5, 0.6) is 5.75 Å². The van der Waals surface area contributed by atoms with Gasteiger partial charge in [-0.15, -0.1) is 0 Å². The fourth-order valence-corrected chi connectivity index (χ4v) is 2.81. The van der Waals surface area contributed by atoms with Crippen LogP contribution < -0.4 is 5.56 Å². The summed E-state index contributed by atoms with van der Waals surface area (Å²) in [5.41, 5.74) is 4.24. The number of aromatic nitrogens is 5. The molecule has 7 heteroatoms. The summed E-state index contributed by atoms with van der Waals surface area (Å²) in [6.45, 7) is 3.65. The molecule has 7 nitrogen and oxygen atoms in total. The number of rotatable bonds is 2. The maximum Gasteiger partial charge on any atom is 0.275 e. The maximum atomic E-state index is 12.2. The summed E-state index contributed by atoms with van der Waals surface area (Å²) >= 11 is 0. The number of aromatic hydroxyl groups is 1. The Kier molecular flexibility index (Phi) is 3.35. The molecule has 0 unspecified atom stereocenters. The Balaban J connectivity index is 1.88. The van der Waals surface area contributed by atoms with E-state index in [1.54, 1.807) is 18.3 Å². The van der Waals surface area contributed by atoms with E-state index in [0.29, 0.717) is 22.7 Å². The van der Waals surface area contributed by atoms with Crippen LogP contribution in [0.15, 0.2) is 41.3 Å². The molecule has 0 amide bonds. The van der Waals surface area contributed by atoms with Gasteiger partial charge in [0.15, 0.2) is 5.65 Å². The molecular formula is C18H15N5O2. The fourth-order valence-electron chi connectivity index (χ4n) is 2.81. The maximum absolute atomic E-state index is 12.2. The second kappa shape index (κ2) is 5.55.